The van der Waals surface area contributed by atoms with Crippen LogP contribution in [0.4, 0.5) is 0 Å². The van der Waals surface area contributed by atoms with Gasteiger partial charge >= 0.3 is 0 Å². The van der Waals surface area contributed by atoms with Gasteiger partial charge in [0.1, 0.15) is 0 Å². The number of hydrogen-bond acceptors (Lipinski definition) is 2. The molecule has 2 heteroatoms. The molecule has 0 saturated carbocycles. The largest absolute Gasteiger partial charge is 0.302 e. The molecular weight excluding hydrogens is 136 g/mol. The van der Waals surface area contributed by atoms with Gasteiger partial charge in [0.05, 0.1) is 12.1 Å². The lowest BCUT2D eigenvalue weighted by Gasteiger charge is -2.03. The fourth-order valence-electron chi connectivity index (χ4n) is 0.716. The molecule has 0 aliphatic heterocycles. The minimum absolute atomic E-state index is 0.0409. The van der Waals surface area contributed by atoms with Gasteiger partial charge in [-0.1, -0.05) is 0 Å². The highest BCUT2D eigenvalue weighted by atomic mass is 14.9. The number of nitrogens with one attached hydrogen (secondary N) is 1. The van der Waals surface area contributed by atoms with Crippen LogP contribution in [0.2, 0.25) is 0 Å². The Kier molecular flexibility index (Phi) is 6.48. The maximum Gasteiger partial charge on any atom is 0.0924 e. The third-order valence-corrected chi connectivity index (χ3v) is 1.39. The zero-order valence-electron chi connectivity index (χ0n) is 6.93. The molecule has 1 unspecified atom stereocenters. The number of nitriles is 1. The monoisotopic (exact) mass is 150 g/mol. The summed E-state index contributed by atoms with van der Waals surface area (Å²) in [7, 11) is 0. The fraction of sp³-hybridized carbons (Fsp3) is 0.667. The second-order valence-corrected chi connectivity index (χ2v) is 2.47. The summed E-state index contributed by atoms with van der Waals surface area (Å²) in [6.45, 7) is 2.73. The van der Waals surface area contributed by atoms with Gasteiger partial charge in [0.25, 0.3) is 0 Å². The smallest absolute Gasteiger partial charge is 0.0924 e. The first kappa shape index (κ1) is 10.0. The van der Waals surface area contributed by atoms with Crippen molar-refractivity contribution < 1.29 is 0 Å². The quantitative estimate of drug-likeness (QED) is 0.473. The zero-order valence-corrected chi connectivity index (χ0v) is 6.93. The van der Waals surface area contributed by atoms with Gasteiger partial charge in [-0.25, -0.2) is 0 Å². The molecule has 0 aromatic rings. The highest BCUT2D eigenvalue weighted by molar-refractivity contribution is 4.85. The molecule has 1 N–H and O–H groups in total. The van der Waals surface area contributed by atoms with Crippen molar-refractivity contribution in [3.63, 3.8) is 0 Å². The summed E-state index contributed by atoms with van der Waals surface area (Å²) in [4.78, 5) is 0. The number of hydrogen-bond donors (Lipinski definition) is 1. The van der Waals surface area contributed by atoms with Crippen molar-refractivity contribution in [3.05, 3.63) is 0 Å². The molecule has 0 bridgehead atoms. The van der Waals surface area contributed by atoms with Gasteiger partial charge in [-0.15, -0.1) is 12.3 Å². The van der Waals surface area contributed by atoms with Crippen LogP contribution in [0.25, 0.3) is 0 Å². The van der Waals surface area contributed by atoms with Crippen molar-refractivity contribution in [3.8, 4) is 18.4 Å². The summed E-state index contributed by atoms with van der Waals surface area (Å²) < 4.78 is 0. The third kappa shape index (κ3) is 6.90. The van der Waals surface area contributed by atoms with Crippen molar-refractivity contribution in [1.82, 2.24) is 5.32 Å². The van der Waals surface area contributed by atoms with Crippen molar-refractivity contribution in [2.45, 2.75) is 32.2 Å². The summed E-state index contributed by atoms with van der Waals surface area (Å²) in [5.74, 6) is 2.58. The molecule has 0 aromatic carbocycles. The number of nitrogens with zero attached hydrogens (tertiary/aromatic N) is 1. The summed E-state index contributed by atoms with van der Waals surface area (Å²) >= 11 is 0. The van der Waals surface area contributed by atoms with Crippen LogP contribution in [-0.4, -0.2) is 12.6 Å². The average molecular weight is 150 g/mol. The van der Waals surface area contributed by atoms with E-state index in [9.17, 15) is 0 Å². The second-order valence-electron chi connectivity index (χ2n) is 2.47. The zero-order chi connectivity index (χ0) is 8.53. The van der Waals surface area contributed by atoms with E-state index in [1.165, 1.54) is 0 Å². The molecule has 0 fully saturated rings. The first-order valence-electron chi connectivity index (χ1n) is 3.87. The van der Waals surface area contributed by atoms with Crippen LogP contribution in [0.1, 0.15) is 26.2 Å². The van der Waals surface area contributed by atoms with Crippen molar-refractivity contribution in [2.24, 2.45) is 0 Å². The third-order valence-electron chi connectivity index (χ3n) is 1.39. The summed E-state index contributed by atoms with van der Waals surface area (Å²) in [6, 6.07) is 2.06. The standard InChI is InChI=1S/C9H14N2/c1-3-4-5-6-7-11-9(2)8-10/h1,9,11H,4-7H2,2H3. The van der Waals surface area contributed by atoms with Crippen LogP contribution >= 0.6 is 0 Å². The predicted octanol–water partition coefficient (Wildman–Crippen LogP) is 1.29. The van der Waals surface area contributed by atoms with Crippen molar-refractivity contribution in [1.29, 1.82) is 5.26 Å². The summed E-state index contributed by atoms with van der Waals surface area (Å²) in [6.07, 6.45) is 8.00. The van der Waals surface area contributed by atoms with E-state index in [1.807, 2.05) is 6.92 Å². The van der Waals surface area contributed by atoms with E-state index in [4.69, 9.17) is 11.7 Å². The molecule has 0 radical (unpaired) electrons. The molecule has 0 amide bonds. The Labute approximate surface area is 68.6 Å². The molecule has 60 valence electrons. The fourth-order valence-corrected chi connectivity index (χ4v) is 0.716. The van der Waals surface area contributed by atoms with E-state index in [2.05, 4.69) is 17.3 Å². The molecular formula is C9H14N2. The molecule has 0 rings (SSSR count). The minimum atomic E-state index is -0.0409. The van der Waals surface area contributed by atoms with Gasteiger partial charge in [0, 0.05) is 6.42 Å². The number of rotatable bonds is 5. The van der Waals surface area contributed by atoms with Gasteiger partial charge < -0.3 is 5.32 Å². The van der Waals surface area contributed by atoms with Gasteiger partial charge in [-0.05, 0) is 26.3 Å². The first-order valence-corrected chi connectivity index (χ1v) is 3.87. The van der Waals surface area contributed by atoms with Crippen LogP contribution in [-0.2, 0) is 0 Å². The Morgan fingerprint density at radius 2 is 2.27 bits per heavy atom. The van der Waals surface area contributed by atoms with E-state index in [1.54, 1.807) is 0 Å². The average Bonchev–Trinajstić information content (AvgIpc) is 2.04. The summed E-state index contributed by atoms with van der Waals surface area (Å²) in [5.41, 5.74) is 0. The normalized spacial score (nSPS) is 11.5. The molecule has 11 heavy (non-hydrogen) atoms. The Balaban J connectivity index is 3.04. The SMILES string of the molecule is C#CCCCCNC(C)C#N. The Bertz CT molecular complexity index is 161. The molecule has 0 aromatic heterocycles. The first-order chi connectivity index (χ1) is 5.31. The Morgan fingerprint density at radius 1 is 1.55 bits per heavy atom. The molecule has 0 spiro atoms. The highest BCUT2D eigenvalue weighted by Gasteiger charge is 1.94. The van der Waals surface area contributed by atoms with E-state index >= 15 is 0 Å². The molecule has 0 saturated heterocycles. The van der Waals surface area contributed by atoms with Crippen molar-refractivity contribution >= 4 is 0 Å². The molecule has 1 atom stereocenters. The van der Waals surface area contributed by atoms with Crippen LogP contribution in [0.5, 0.6) is 0 Å². The van der Waals surface area contributed by atoms with Gasteiger partial charge in [-0.3, -0.25) is 0 Å². The maximum atomic E-state index is 8.39. The lowest BCUT2D eigenvalue weighted by molar-refractivity contribution is 0.599. The van der Waals surface area contributed by atoms with Crippen LogP contribution < -0.4 is 5.32 Å². The summed E-state index contributed by atoms with van der Waals surface area (Å²) in [5, 5.41) is 11.5. The molecule has 0 heterocycles. The lowest BCUT2D eigenvalue weighted by Crippen LogP contribution is -2.25. The van der Waals surface area contributed by atoms with Crippen molar-refractivity contribution in [2.75, 3.05) is 6.54 Å². The highest BCUT2D eigenvalue weighted by Crippen LogP contribution is 1.91. The van der Waals surface area contributed by atoms with E-state index in [0.717, 1.165) is 25.8 Å². The maximum absolute atomic E-state index is 8.39. The van der Waals surface area contributed by atoms with Crippen LogP contribution in [0, 0.1) is 23.7 Å². The molecule has 0 aliphatic carbocycles. The van der Waals surface area contributed by atoms with Gasteiger partial charge in [0.2, 0.25) is 0 Å². The number of terminal acetylenes is 1. The topological polar surface area (TPSA) is 35.8 Å². The second kappa shape index (κ2) is 7.12. The van der Waals surface area contributed by atoms with E-state index in [0.29, 0.717) is 0 Å². The number of unbranched alkanes of at least 4 members (excludes halogenated alkanes) is 2. The molecule has 0 aliphatic rings. The van der Waals surface area contributed by atoms with Gasteiger partial charge in [-0.2, -0.15) is 5.26 Å². The Hall–Kier alpha value is -0.990. The van der Waals surface area contributed by atoms with Gasteiger partial charge in [0.15, 0.2) is 0 Å². The van der Waals surface area contributed by atoms with E-state index in [-0.39, 0.29) is 6.04 Å². The Morgan fingerprint density at radius 3 is 2.82 bits per heavy atom. The lowest BCUT2D eigenvalue weighted by atomic mass is 10.2. The molecule has 2 nitrogen and oxygen atoms in total. The van der Waals surface area contributed by atoms with Crippen LogP contribution in [0.15, 0.2) is 0 Å². The predicted molar refractivity (Wildman–Crippen MR) is 45.8 cm³/mol. The van der Waals surface area contributed by atoms with Crippen LogP contribution in [0.3, 0.4) is 0 Å². The minimum Gasteiger partial charge on any atom is -0.302 e. The van der Waals surface area contributed by atoms with E-state index < -0.39 is 0 Å².